The minimum Gasteiger partial charge on any atom is -0.294 e. The van der Waals surface area contributed by atoms with Crippen LogP contribution < -0.4 is 0 Å². The van der Waals surface area contributed by atoms with Gasteiger partial charge in [-0.1, -0.05) is 13.8 Å². The molecule has 0 fully saturated rings. The van der Waals surface area contributed by atoms with Gasteiger partial charge in [-0.05, 0) is 24.0 Å². The summed E-state index contributed by atoms with van der Waals surface area (Å²) < 4.78 is 0. The lowest BCUT2D eigenvalue weighted by atomic mass is 9.75. The number of pyridine rings is 1. The van der Waals surface area contributed by atoms with Crippen molar-refractivity contribution >= 4 is 17.1 Å². The lowest BCUT2D eigenvalue weighted by Gasteiger charge is -2.29. The first-order valence-corrected chi connectivity index (χ1v) is 6.85. The molecule has 2 heterocycles. The van der Waals surface area contributed by atoms with E-state index >= 15 is 0 Å². The Morgan fingerprint density at radius 2 is 2.11 bits per heavy atom. The number of ketones is 1. The first-order valence-electron chi connectivity index (χ1n) is 5.97. The Bertz CT molecular complexity index is 602. The molecule has 0 aliphatic heterocycles. The maximum absolute atomic E-state index is 12.0. The summed E-state index contributed by atoms with van der Waals surface area (Å²) in [6.07, 6.45) is 3.29. The van der Waals surface area contributed by atoms with Gasteiger partial charge in [-0.2, -0.15) is 0 Å². The third kappa shape index (κ3) is 1.97. The van der Waals surface area contributed by atoms with E-state index in [-0.39, 0.29) is 11.2 Å². The summed E-state index contributed by atoms with van der Waals surface area (Å²) in [5.74, 6) is 0.213. The van der Waals surface area contributed by atoms with Crippen LogP contribution in [-0.2, 0) is 6.42 Å². The van der Waals surface area contributed by atoms with Crippen molar-refractivity contribution in [3.05, 3.63) is 35.1 Å². The molecule has 0 spiro atoms. The molecule has 3 rings (SSSR count). The number of fused-ring (bicyclic) bond motifs is 1. The zero-order valence-electron chi connectivity index (χ0n) is 10.4. The fourth-order valence-electron chi connectivity index (χ4n) is 2.42. The van der Waals surface area contributed by atoms with Gasteiger partial charge in [-0.3, -0.25) is 14.8 Å². The van der Waals surface area contributed by atoms with Gasteiger partial charge in [0.05, 0.1) is 21.8 Å². The van der Waals surface area contributed by atoms with Crippen LogP contribution in [-0.4, -0.2) is 15.8 Å². The normalized spacial score (nSPS) is 17.6. The van der Waals surface area contributed by atoms with E-state index in [1.807, 2.05) is 18.3 Å². The summed E-state index contributed by atoms with van der Waals surface area (Å²) in [5.41, 5.74) is 4.46. The van der Waals surface area contributed by atoms with Gasteiger partial charge in [0, 0.05) is 18.2 Å². The molecule has 0 aromatic carbocycles. The number of aromatic nitrogens is 2. The summed E-state index contributed by atoms with van der Waals surface area (Å²) >= 11 is 1.57. The van der Waals surface area contributed by atoms with Crippen LogP contribution in [0.4, 0.5) is 0 Å². The second-order valence-electron chi connectivity index (χ2n) is 5.50. The molecule has 0 saturated carbocycles. The zero-order chi connectivity index (χ0) is 12.8. The summed E-state index contributed by atoms with van der Waals surface area (Å²) in [5, 5.41) is 0. The van der Waals surface area contributed by atoms with Crippen molar-refractivity contribution in [1.82, 2.24) is 9.97 Å². The molecule has 0 saturated heterocycles. The van der Waals surface area contributed by atoms with Crippen molar-refractivity contribution in [2.24, 2.45) is 5.41 Å². The first-order chi connectivity index (χ1) is 8.55. The van der Waals surface area contributed by atoms with E-state index in [2.05, 4.69) is 23.8 Å². The zero-order valence-corrected chi connectivity index (χ0v) is 11.3. The van der Waals surface area contributed by atoms with Crippen LogP contribution in [0.2, 0.25) is 0 Å². The standard InChI is InChI=1S/C14H14N2OS/c1-14(2)5-11-9(12(17)6-14)3-4-10(16-11)13-7-15-8-18-13/h3-4,7-8H,5-6H2,1-2H3. The number of rotatable bonds is 1. The number of thiazole rings is 1. The minimum absolute atomic E-state index is 0.0173. The highest BCUT2D eigenvalue weighted by atomic mass is 32.1. The molecule has 2 aromatic rings. The molecule has 0 bridgehead atoms. The molecule has 0 unspecified atom stereocenters. The highest BCUT2D eigenvalue weighted by Gasteiger charge is 2.31. The molecular weight excluding hydrogens is 244 g/mol. The van der Waals surface area contributed by atoms with E-state index in [0.717, 1.165) is 28.2 Å². The van der Waals surface area contributed by atoms with Gasteiger partial charge >= 0.3 is 0 Å². The van der Waals surface area contributed by atoms with E-state index in [0.29, 0.717) is 6.42 Å². The Labute approximate surface area is 110 Å². The van der Waals surface area contributed by atoms with Gasteiger partial charge in [-0.25, -0.2) is 0 Å². The fourth-order valence-corrected chi connectivity index (χ4v) is 3.01. The molecule has 18 heavy (non-hydrogen) atoms. The third-order valence-corrected chi connectivity index (χ3v) is 4.04. The molecule has 92 valence electrons. The average molecular weight is 258 g/mol. The monoisotopic (exact) mass is 258 g/mol. The minimum atomic E-state index is 0.0173. The fraction of sp³-hybridized carbons (Fsp3) is 0.357. The smallest absolute Gasteiger partial charge is 0.165 e. The lowest BCUT2D eigenvalue weighted by Crippen LogP contribution is -2.27. The maximum Gasteiger partial charge on any atom is 0.165 e. The van der Waals surface area contributed by atoms with Gasteiger partial charge in [0.1, 0.15) is 0 Å². The third-order valence-electron chi connectivity index (χ3n) is 3.24. The molecule has 3 nitrogen and oxygen atoms in total. The SMILES string of the molecule is CC1(C)CC(=O)c2ccc(-c3cncs3)nc2C1. The highest BCUT2D eigenvalue weighted by Crippen LogP contribution is 2.35. The van der Waals surface area contributed by atoms with Crippen molar-refractivity contribution in [1.29, 1.82) is 0 Å². The second kappa shape index (κ2) is 3.99. The quantitative estimate of drug-likeness (QED) is 0.787. The topological polar surface area (TPSA) is 42.9 Å². The second-order valence-corrected chi connectivity index (χ2v) is 6.38. The molecule has 0 atom stereocenters. The number of hydrogen-bond donors (Lipinski definition) is 0. The van der Waals surface area contributed by atoms with Crippen LogP contribution in [0, 0.1) is 5.41 Å². The summed E-state index contributed by atoms with van der Waals surface area (Å²) in [6, 6.07) is 3.83. The van der Waals surface area contributed by atoms with Crippen molar-refractivity contribution in [3.8, 4) is 10.6 Å². The summed E-state index contributed by atoms with van der Waals surface area (Å²) in [4.78, 5) is 21.8. The number of nitrogens with zero attached hydrogens (tertiary/aromatic N) is 2. The van der Waals surface area contributed by atoms with E-state index in [1.165, 1.54) is 0 Å². The number of carbonyl (C=O) groups is 1. The number of Topliss-reactive ketones (excluding diaryl/α,β-unsaturated/α-hetero) is 1. The predicted molar refractivity (Wildman–Crippen MR) is 71.8 cm³/mol. The van der Waals surface area contributed by atoms with Crippen molar-refractivity contribution in [2.45, 2.75) is 26.7 Å². The van der Waals surface area contributed by atoms with Gasteiger partial charge < -0.3 is 0 Å². The molecule has 1 aliphatic carbocycles. The number of carbonyl (C=O) groups excluding carboxylic acids is 1. The van der Waals surface area contributed by atoms with Crippen LogP contribution in [0.3, 0.4) is 0 Å². The van der Waals surface area contributed by atoms with Gasteiger partial charge in [-0.15, -0.1) is 11.3 Å². The number of hydrogen-bond acceptors (Lipinski definition) is 4. The van der Waals surface area contributed by atoms with Crippen molar-refractivity contribution < 1.29 is 4.79 Å². The van der Waals surface area contributed by atoms with Crippen molar-refractivity contribution in [3.63, 3.8) is 0 Å². The highest BCUT2D eigenvalue weighted by molar-refractivity contribution is 7.13. The molecule has 0 N–H and O–H groups in total. The van der Waals surface area contributed by atoms with Crippen LogP contribution >= 0.6 is 11.3 Å². The van der Waals surface area contributed by atoms with E-state index in [9.17, 15) is 4.79 Å². The van der Waals surface area contributed by atoms with E-state index in [1.54, 1.807) is 16.8 Å². The molecule has 4 heteroatoms. The Morgan fingerprint density at radius 3 is 2.83 bits per heavy atom. The van der Waals surface area contributed by atoms with Gasteiger partial charge in [0.25, 0.3) is 0 Å². The van der Waals surface area contributed by atoms with Crippen LogP contribution in [0.25, 0.3) is 10.6 Å². The average Bonchev–Trinajstić information content (AvgIpc) is 2.79. The van der Waals surface area contributed by atoms with Gasteiger partial charge in [0.15, 0.2) is 5.78 Å². The first kappa shape index (κ1) is 11.5. The Hall–Kier alpha value is -1.55. The van der Waals surface area contributed by atoms with E-state index in [4.69, 9.17) is 0 Å². The van der Waals surface area contributed by atoms with Crippen LogP contribution in [0.1, 0.15) is 36.3 Å². The largest absolute Gasteiger partial charge is 0.294 e. The van der Waals surface area contributed by atoms with Crippen LogP contribution in [0.5, 0.6) is 0 Å². The summed E-state index contributed by atoms with van der Waals surface area (Å²) in [6.45, 7) is 4.24. The molecule has 0 radical (unpaired) electrons. The lowest BCUT2D eigenvalue weighted by molar-refractivity contribution is 0.0910. The predicted octanol–water partition coefficient (Wildman–Crippen LogP) is 3.36. The Morgan fingerprint density at radius 1 is 1.28 bits per heavy atom. The Kier molecular flexibility index (Phi) is 2.55. The van der Waals surface area contributed by atoms with Crippen molar-refractivity contribution in [2.75, 3.05) is 0 Å². The molecule has 2 aromatic heterocycles. The summed E-state index contributed by atoms with van der Waals surface area (Å²) in [7, 11) is 0. The molecular formula is C14H14N2OS. The maximum atomic E-state index is 12.0. The van der Waals surface area contributed by atoms with E-state index < -0.39 is 0 Å². The molecule has 1 aliphatic rings. The Balaban J connectivity index is 2.08. The molecule has 0 amide bonds. The van der Waals surface area contributed by atoms with Gasteiger partial charge in [0.2, 0.25) is 0 Å². The van der Waals surface area contributed by atoms with Crippen LogP contribution in [0.15, 0.2) is 23.8 Å².